The molecule has 0 heterocycles. The molecule has 0 aromatic carbocycles. The van der Waals surface area contributed by atoms with Crippen LogP contribution in [0.1, 0.15) is 149 Å². The molecule has 0 aromatic heterocycles. The number of ketones is 1. The molecule has 1 unspecified atom stereocenters. The topological polar surface area (TPSA) is 163 Å². The standard InChI is InChI=1S/C43H79N2O9P/c1-6-8-10-11-12-13-14-15-16-17-18-19-24-28-40(47)39(35-54-55(51,52)53-33-32-45(3,4)5)44-43(50)29-25-21-20-23-27-37-38(42(49)34-41(37)48)31-30-36(46)26-22-9-7-2/h20,23-24,28,30-31,36-41,46-48H,6-19,21-22,25-27,29,32-35H2,1-5H3,(H-,44,50,51,52)/p+1/b23-20-,28-24+,31-30+/t36-,37+,38+,39-,40+,41-/m0/s1. The maximum atomic E-state index is 12.9. The number of nitrogens with one attached hydrogen (secondary N) is 1. The van der Waals surface area contributed by atoms with Gasteiger partial charge in [-0.1, -0.05) is 134 Å². The molecule has 1 aliphatic rings. The number of carbonyl (C=O) groups is 2. The van der Waals surface area contributed by atoms with Crippen molar-refractivity contribution in [2.24, 2.45) is 11.8 Å². The van der Waals surface area contributed by atoms with E-state index in [9.17, 15) is 34.4 Å². The zero-order chi connectivity index (χ0) is 41.0. The molecule has 0 aromatic rings. The molecule has 1 fully saturated rings. The maximum Gasteiger partial charge on any atom is 0.472 e. The third-order valence-corrected chi connectivity index (χ3v) is 11.2. The summed E-state index contributed by atoms with van der Waals surface area (Å²) in [6.45, 7) is 4.45. The van der Waals surface area contributed by atoms with Gasteiger partial charge in [-0.05, 0) is 38.5 Å². The average Bonchev–Trinajstić information content (AvgIpc) is 3.39. The second-order valence-corrected chi connectivity index (χ2v) is 18.0. The van der Waals surface area contributed by atoms with Crippen molar-refractivity contribution in [3.05, 3.63) is 36.5 Å². The summed E-state index contributed by atoms with van der Waals surface area (Å²) in [7, 11) is 1.40. The highest BCUT2D eigenvalue weighted by Gasteiger charge is 2.39. The zero-order valence-corrected chi connectivity index (χ0v) is 36.0. The molecule has 1 saturated carbocycles. The minimum Gasteiger partial charge on any atom is -0.392 e. The Morgan fingerprint density at radius 1 is 0.855 bits per heavy atom. The van der Waals surface area contributed by atoms with E-state index in [1.54, 1.807) is 18.2 Å². The molecular formula is C43H80N2O9P+. The molecular weight excluding hydrogens is 719 g/mol. The smallest absolute Gasteiger partial charge is 0.392 e. The highest BCUT2D eigenvalue weighted by Crippen LogP contribution is 2.43. The van der Waals surface area contributed by atoms with Crippen LogP contribution in [-0.2, 0) is 23.2 Å². The lowest BCUT2D eigenvalue weighted by atomic mass is 9.90. The van der Waals surface area contributed by atoms with Crippen LogP contribution in [0.2, 0.25) is 0 Å². The number of allylic oxidation sites excluding steroid dienone is 4. The third kappa shape index (κ3) is 26.8. The number of aliphatic hydroxyl groups excluding tert-OH is 3. The molecule has 12 heteroatoms. The van der Waals surface area contributed by atoms with Crippen LogP contribution in [0.15, 0.2) is 36.5 Å². The van der Waals surface area contributed by atoms with Gasteiger partial charge in [0.1, 0.15) is 18.9 Å². The molecule has 0 radical (unpaired) electrons. The Morgan fingerprint density at radius 2 is 1.45 bits per heavy atom. The Morgan fingerprint density at radius 3 is 2.09 bits per heavy atom. The van der Waals surface area contributed by atoms with Gasteiger partial charge in [0.2, 0.25) is 5.91 Å². The number of nitrogens with zero attached hydrogens (tertiary/aromatic N) is 1. The van der Waals surface area contributed by atoms with Crippen molar-refractivity contribution in [3.63, 3.8) is 0 Å². The van der Waals surface area contributed by atoms with Gasteiger partial charge in [-0.2, -0.15) is 0 Å². The van der Waals surface area contributed by atoms with Gasteiger partial charge in [0.15, 0.2) is 0 Å². The fraction of sp³-hybridized carbons (Fsp3) is 0.814. The molecule has 0 spiro atoms. The van der Waals surface area contributed by atoms with Crippen LogP contribution < -0.4 is 5.32 Å². The SMILES string of the molecule is CCCCCCCCCCCCC/C=C/[C@@H](O)[C@H](COP(=O)(O)OCC[N+](C)(C)C)NC(=O)CCC/C=C\C[C@H]1[C@@H](O)CC(=O)[C@@H]1/C=C/[C@@H](O)CCCCC. The second kappa shape index (κ2) is 30.4. The normalized spacial score (nSPS) is 20.8. The number of aliphatic hydroxyl groups is 3. The molecule has 0 bridgehead atoms. The number of unbranched alkanes of at least 4 members (excludes halogenated alkanes) is 14. The van der Waals surface area contributed by atoms with E-state index in [1.807, 2.05) is 39.4 Å². The first-order chi connectivity index (χ1) is 26.2. The summed E-state index contributed by atoms with van der Waals surface area (Å²) in [6.07, 6.45) is 28.5. The van der Waals surface area contributed by atoms with Gasteiger partial charge in [-0.3, -0.25) is 18.6 Å². The molecule has 0 saturated heterocycles. The van der Waals surface area contributed by atoms with Crippen LogP contribution in [0.3, 0.4) is 0 Å². The Kier molecular flexibility index (Phi) is 28.4. The number of likely N-dealkylation sites (N-methyl/N-ethyl adjacent to an activating group) is 1. The van der Waals surface area contributed by atoms with Crippen LogP contribution in [0.5, 0.6) is 0 Å². The summed E-state index contributed by atoms with van der Waals surface area (Å²) in [5.41, 5.74) is 0. The van der Waals surface area contributed by atoms with Crippen molar-refractivity contribution in [2.75, 3.05) is 40.9 Å². The first-order valence-electron chi connectivity index (χ1n) is 21.5. The van der Waals surface area contributed by atoms with E-state index >= 15 is 0 Å². The molecule has 11 nitrogen and oxygen atoms in total. The van der Waals surface area contributed by atoms with Gasteiger partial charge in [-0.15, -0.1) is 0 Å². The van der Waals surface area contributed by atoms with Crippen molar-refractivity contribution in [2.45, 2.75) is 173 Å². The van der Waals surface area contributed by atoms with Crippen LogP contribution >= 0.6 is 7.82 Å². The number of Topliss-reactive ketones (excluding diaryl/α,β-unsaturated/α-hetero) is 1. The number of hydrogen-bond acceptors (Lipinski definition) is 8. The zero-order valence-electron chi connectivity index (χ0n) is 35.1. The maximum absolute atomic E-state index is 12.9. The van der Waals surface area contributed by atoms with Crippen LogP contribution in [0.25, 0.3) is 0 Å². The monoisotopic (exact) mass is 800 g/mol. The van der Waals surface area contributed by atoms with Crippen LogP contribution in [0.4, 0.5) is 0 Å². The lowest BCUT2D eigenvalue weighted by Crippen LogP contribution is -2.45. The summed E-state index contributed by atoms with van der Waals surface area (Å²) >= 11 is 0. The predicted molar refractivity (Wildman–Crippen MR) is 222 cm³/mol. The van der Waals surface area contributed by atoms with Crippen molar-refractivity contribution < 1.29 is 47.9 Å². The average molecular weight is 800 g/mol. The number of quaternary nitrogens is 1. The Balaban J connectivity index is 2.61. The van der Waals surface area contributed by atoms with E-state index in [4.69, 9.17) is 9.05 Å². The van der Waals surface area contributed by atoms with E-state index in [1.165, 1.54) is 57.8 Å². The predicted octanol–water partition coefficient (Wildman–Crippen LogP) is 8.11. The number of phosphoric ester groups is 1. The number of rotatable bonds is 34. The first kappa shape index (κ1) is 51.3. The second-order valence-electron chi connectivity index (χ2n) is 16.5. The molecule has 1 amide bonds. The lowest BCUT2D eigenvalue weighted by molar-refractivity contribution is -0.870. The number of amides is 1. The van der Waals surface area contributed by atoms with Gasteiger partial charge in [0.25, 0.3) is 0 Å². The van der Waals surface area contributed by atoms with Crippen molar-refractivity contribution in [1.82, 2.24) is 5.32 Å². The third-order valence-electron chi connectivity index (χ3n) is 10.2. The summed E-state index contributed by atoms with van der Waals surface area (Å²) in [6, 6.07) is -0.948. The number of carbonyl (C=O) groups excluding carboxylic acids is 2. The molecule has 1 aliphatic carbocycles. The summed E-state index contributed by atoms with van der Waals surface area (Å²) < 4.78 is 23.5. The Bertz CT molecular complexity index is 1160. The molecule has 7 atom stereocenters. The first-order valence-corrected chi connectivity index (χ1v) is 23.0. The molecule has 55 heavy (non-hydrogen) atoms. The molecule has 1 rings (SSSR count). The molecule has 5 N–H and O–H groups in total. The minimum absolute atomic E-state index is 0.0128. The van der Waals surface area contributed by atoms with Crippen LogP contribution in [0, 0.1) is 11.8 Å². The van der Waals surface area contributed by atoms with Gasteiger partial charge >= 0.3 is 7.82 Å². The summed E-state index contributed by atoms with van der Waals surface area (Å²) in [5, 5.41) is 34.5. The summed E-state index contributed by atoms with van der Waals surface area (Å²) in [4.78, 5) is 35.7. The Labute approximate surface area is 334 Å². The van der Waals surface area contributed by atoms with Crippen molar-refractivity contribution in [1.29, 1.82) is 0 Å². The highest BCUT2D eigenvalue weighted by molar-refractivity contribution is 7.47. The lowest BCUT2D eigenvalue weighted by Gasteiger charge is -2.25. The fourth-order valence-corrected chi connectivity index (χ4v) is 7.40. The van der Waals surface area contributed by atoms with E-state index < -0.39 is 44.7 Å². The minimum atomic E-state index is -4.41. The number of phosphoric acid groups is 1. The van der Waals surface area contributed by atoms with Gasteiger partial charge in [-0.25, -0.2) is 4.57 Å². The largest absolute Gasteiger partial charge is 0.472 e. The number of hydrogen-bond donors (Lipinski definition) is 5. The molecule has 320 valence electrons. The van der Waals surface area contributed by atoms with E-state index in [0.717, 1.165) is 38.5 Å². The van der Waals surface area contributed by atoms with Gasteiger partial charge < -0.3 is 30.0 Å². The van der Waals surface area contributed by atoms with E-state index in [2.05, 4.69) is 19.2 Å². The summed E-state index contributed by atoms with van der Waals surface area (Å²) in [5.74, 6) is -1.02. The van der Waals surface area contributed by atoms with Crippen molar-refractivity contribution >= 4 is 19.5 Å². The van der Waals surface area contributed by atoms with Crippen LogP contribution in [-0.4, -0.2) is 102 Å². The fourth-order valence-electron chi connectivity index (χ4n) is 6.67. The van der Waals surface area contributed by atoms with Gasteiger partial charge in [0.05, 0.1) is 52.1 Å². The quantitative estimate of drug-likeness (QED) is 0.0187. The van der Waals surface area contributed by atoms with E-state index in [0.29, 0.717) is 36.7 Å². The Hall–Kier alpha value is -1.69. The molecule has 0 aliphatic heterocycles. The van der Waals surface area contributed by atoms with Gasteiger partial charge in [0, 0.05) is 24.7 Å². The highest BCUT2D eigenvalue weighted by atomic mass is 31.2. The van der Waals surface area contributed by atoms with Crippen molar-refractivity contribution in [3.8, 4) is 0 Å². The van der Waals surface area contributed by atoms with E-state index in [-0.39, 0.29) is 37.1 Å².